The highest BCUT2D eigenvalue weighted by Gasteiger charge is 2.17. The SMILES string of the molecule is C[C@H](Sc1nc(N)c2ccsc2n1)C(=O)Nc1ccc(N(C)C)cc1. The number of hydrogen-bond acceptors (Lipinski definition) is 7. The second-order valence-corrected chi connectivity index (χ2v) is 7.92. The van der Waals surface area contributed by atoms with Crippen LogP contribution in [0, 0.1) is 0 Å². The first kappa shape index (κ1) is 17.5. The second kappa shape index (κ2) is 7.28. The van der Waals surface area contributed by atoms with Crippen molar-refractivity contribution in [2.75, 3.05) is 30.0 Å². The molecule has 0 unspecified atom stereocenters. The molecule has 0 saturated heterocycles. The van der Waals surface area contributed by atoms with E-state index in [1.807, 2.05) is 61.6 Å². The maximum atomic E-state index is 12.4. The van der Waals surface area contributed by atoms with Crippen molar-refractivity contribution in [1.29, 1.82) is 0 Å². The van der Waals surface area contributed by atoms with Crippen LogP contribution in [0.3, 0.4) is 0 Å². The Morgan fingerprint density at radius 1 is 1.24 bits per heavy atom. The van der Waals surface area contributed by atoms with Crippen molar-refractivity contribution in [3.63, 3.8) is 0 Å². The van der Waals surface area contributed by atoms with Crippen molar-refractivity contribution in [2.45, 2.75) is 17.3 Å². The molecule has 3 aromatic rings. The summed E-state index contributed by atoms with van der Waals surface area (Å²) in [7, 11) is 3.95. The van der Waals surface area contributed by atoms with Crippen molar-refractivity contribution in [2.24, 2.45) is 0 Å². The van der Waals surface area contributed by atoms with Gasteiger partial charge in [-0.1, -0.05) is 11.8 Å². The van der Waals surface area contributed by atoms with Crippen LogP contribution in [0.15, 0.2) is 40.9 Å². The van der Waals surface area contributed by atoms with Crippen LogP contribution in [-0.4, -0.2) is 35.2 Å². The number of nitrogen functional groups attached to an aromatic ring is 1. The monoisotopic (exact) mass is 373 g/mol. The van der Waals surface area contributed by atoms with E-state index >= 15 is 0 Å². The minimum absolute atomic E-state index is 0.101. The quantitative estimate of drug-likeness (QED) is 0.526. The number of thiophene rings is 1. The molecule has 0 aliphatic carbocycles. The van der Waals surface area contributed by atoms with Crippen LogP contribution in [0.5, 0.6) is 0 Å². The van der Waals surface area contributed by atoms with Gasteiger partial charge in [-0.3, -0.25) is 4.79 Å². The molecule has 0 saturated carbocycles. The van der Waals surface area contributed by atoms with Crippen molar-refractivity contribution in [3.8, 4) is 0 Å². The number of benzene rings is 1. The van der Waals surface area contributed by atoms with E-state index < -0.39 is 0 Å². The number of aromatic nitrogens is 2. The van der Waals surface area contributed by atoms with Gasteiger partial charge in [0.15, 0.2) is 5.16 Å². The zero-order valence-electron chi connectivity index (χ0n) is 14.2. The number of hydrogen-bond donors (Lipinski definition) is 2. The molecule has 8 heteroatoms. The smallest absolute Gasteiger partial charge is 0.237 e. The highest BCUT2D eigenvalue weighted by atomic mass is 32.2. The Morgan fingerprint density at radius 2 is 1.96 bits per heavy atom. The summed E-state index contributed by atoms with van der Waals surface area (Å²) in [6.07, 6.45) is 0. The highest BCUT2D eigenvalue weighted by Crippen LogP contribution is 2.28. The largest absolute Gasteiger partial charge is 0.383 e. The molecule has 1 atom stereocenters. The van der Waals surface area contributed by atoms with Gasteiger partial charge >= 0.3 is 0 Å². The van der Waals surface area contributed by atoms with E-state index in [0.717, 1.165) is 21.6 Å². The van der Waals surface area contributed by atoms with Gasteiger partial charge in [0, 0.05) is 25.5 Å². The molecule has 2 heterocycles. The topological polar surface area (TPSA) is 84.1 Å². The lowest BCUT2D eigenvalue weighted by Crippen LogP contribution is -2.22. The summed E-state index contributed by atoms with van der Waals surface area (Å²) in [5.74, 6) is 0.344. The molecule has 6 nitrogen and oxygen atoms in total. The maximum Gasteiger partial charge on any atom is 0.237 e. The van der Waals surface area contributed by atoms with Crippen LogP contribution in [0.1, 0.15) is 6.92 Å². The number of rotatable bonds is 5. The summed E-state index contributed by atoms with van der Waals surface area (Å²) in [4.78, 5) is 24.0. The molecule has 3 rings (SSSR count). The third-order valence-electron chi connectivity index (χ3n) is 3.64. The lowest BCUT2D eigenvalue weighted by atomic mass is 10.2. The molecule has 2 aromatic heterocycles. The first-order chi connectivity index (χ1) is 11.9. The Balaban J connectivity index is 1.67. The van der Waals surface area contributed by atoms with Crippen LogP contribution in [0.25, 0.3) is 10.2 Å². The van der Waals surface area contributed by atoms with E-state index in [0.29, 0.717) is 11.0 Å². The van der Waals surface area contributed by atoms with Crippen molar-refractivity contribution >= 4 is 56.4 Å². The average Bonchev–Trinajstić information content (AvgIpc) is 3.04. The van der Waals surface area contributed by atoms with Crippen LogP contribution in [0.4, 0.5) is 17.2 Å². The normalized spacial score (nSPS) is 12.1. The van der Waals surface area contributed by atoms with Gasteiger partial charge in [0.25, 0.3) is 0 Å². The molecule has 1 amide bonds. The van der Waals surface area contributed by atoms with E-state index in [4.69, 9.17) is 5.73 Å². The second-order valence-electron chi connectivity index (χ2n) is 5.72. The number of carbonyl (C=O) groups is 1. The summed E-state index contributed by atoms with van der Waals surface area (Å²) in [6, 6.07) is 9.59. The van der Waals surface area contributed by atoms with E-state index in [-0.39, 0.29) is 11.2 Å². The highest BCUT2D eigenvalue weighted by molar-refractivity contribution is 8.00. The number of nitrogens with two attached hydrogens (primary N) is 1. The molecule has 0 bridgehead atoms. The summed E-state index contributed by atoms with van der Waals surface area (Å²) in [5, 5.41) is 5.86. The van der Waals surface area contributed by atoms with Gasteiger partial charge in [-0.25, -0.2) is 9.97 Å². The molecule has 0 fully saturated rings. The number of carbonyl (C=O) groups excluding carboxylic acids is 1. The number of fused-ring (bicyclic) bond motifs is 1. The third kappa shape index (κ3) is 4.02. The maximum absolute atomic E-state index is 12.4. The molecular formula is C17H19N5OS2. The number of amides is 1. The van der Waals surface area contributed by atoms with Crippen LogP contribution < -0.4 is 16.0 Å². The van der Waals surface area contributed by atoms with Crippen molar-refractivity contribution in [1.82, 2.24) is 9.97 Å². The van der Waals surface area contributed by atoms with Gasteiger partial charge in [-0.05, 0) is 42.6 Å². The van der Waals surface area contributed by atoms with Gasteiger partial charge in [0.2, 0.25) is 5.91 Å². The fourth-order valence-corrected chi connectivity index (χ4v) is 3.82. The number of anilines is 3. The molecule has 25 heavy (non-hydrogen) atoms. The molecule has 0 aliphatic heterocycles. The zero-order chi connectivity index (χ0) is 18.0. The van der Waals surface area contributed by atoms with Crippen LogP contribution in [-0.2, 0) is 4.79 Å². The molecule has 0 spiro atoms. The lowest BCUT2D eigenvalue weighted by Gasteiger charge is -2.14. The first-order valence-electron chi connectivity index (χ1n) is 7.69. The Kier molecular flexibility index (Phi) is 5.10. The van der Waals surface area contributed by atoms with Crippen LogP contribution >= 0.6 is 23.1 Å². The van der Waals surface area contributed by atoms with Gasteiger partial charge < -0.3 is 16.0 Å². The standard InChI is InChI=1S/C17H19N5OS2/c1-10(15(23)19-11-4-6-12(7-5-11)22(2)3)25-17-20-14(18)13-8-9-24-16(13)21-17/h4-10H,1-3H3,(H,19,23)(H2,18,20,21)/t10-/m0/s1. The third-order valence-corrected chi connectivity index (χ3v) is 5.40. The molecular weight excluding hydrogens is 354 g/mol. The van der Waals surface area contributed by atoms with Gasteiger partial charge in [0.05, 0.1) is 10.6 Å². The summed E-state index contributed by atoms with van der Waals surface area (Å²) in [5.41, 5.74) is 7.79. The predicted molar refractivity (Wildman–Crippen MR) is 107 cm³/mol. The Hall–Kier alpha value is -2.32. The fraction of sp³-hybridized carbons (Fsp3) is 0.235. The number of nitrogens with zero attached hydrogens (tertiary/aromatic N) is 3. The number of thioether (sulfide) groups is 1. The molecule has 0 radical (unpaired) electrons. The average molecular weight is 374 g/mol. The van der Waals surface area contributed by atoms with E-state index in [9.17, 15) is 4.79 Å². The van der Waals surface area contributed by atoms with E-state index in [1.54, 1.807) is 0 Å². The molecule has 1 aromatic carbocycles. The molecule has 130 valence electrons. The minimum atomic E-state index is -0.342. The van der Waals surface area contributed by atoms with Crippen molar-refractivity contribution in [3.05, 3.63) is 35.7 Å². The molecule has 3 N–H and O–H groups in total. The predicted octanol–water partition coefficient (Wildman–Crippen LogP) is 3.46. The minimum Gasteiger partial charge on any atom is -0.383 e. The van der Waals surface area contributed by atoms with Gasteiger partial charge in [-0.15, -0.1) is 11.3 Å². The first-order valence-corrected chi connectivity index (χ1v) is 9.45. The van der Waals surface area contributed by atoms with Crippen molar-refractivity contribution < 1.29 is 4.79 Å². The Morgan fingerprint density at radius 3 is 2.64 bits per heavy atom. The number of nitrogens with one attached hydrogen (secondary N) is 1. The van der Waals surface area contributed by atoms with E-state index in [2.05, 4.69) is 15.3 Å². The van der Waals surface area contributed by atoms with Gasteiger partial charge in [-0.2, -0.15) is 0 Å². The van der Waals surface area contributed by atoms with E-state index in [1.165, 1.54) is 23.1 Å². The fourth-order valence-electron chi connectivity index (χ4n) is 2.21. The summed E-state index contributed by atoms with van der Waals surface area (Å²) >= 11 is 2.80. The summed E-state index contributed by atoms with van der Waals surface area (Å²) < 4.78 is 0. The summed E-state index contributed by atoms with van der Waals surface area (Å²) in [6.45, 7) is 1.83. The van der Waals surface area contributed by atoms with Gasteiger partial charge in [0.1, 0.15) is 10.6 Å². The molecule has 0 aliphatic rings. The zero-order valence-corrected chi connectivity index (χ0v) is 15.8. The lowest BCUT2D eigenvalue weighted by molar-refractivity contribution is -0.115. The Bertz CT molecular complexity index is 892. The van der Waals surface area contributed by atoms with Crippen LogP contribution in [0.2, 0.25) is 0 Å². The Labute approximate surface area is 154 Å².